The summed E-state index contributed by atoms with van der Waals surface area (Å²) in [6, 6.07) is 5.26. The van der Waals surface area contributed by atoms with E-state index in [4.69, 9.17) is 4.74 Å². The van der Waals surface area contributed by atoms with E-state index < -0.39 is 0 Å². The molecule has 1 aromatic carbocycles. The van der Waals surface area contributed by atoms with Crippen molar-refractivity contribution in [2.75, 3.05) is 20.8 Å². The van der Waals surface area contributed by atoms with Crippen molar-refractivity contribution in [3.63, 3.8) is 0 Å². The van der Waals surface area contributed by atoms with Gasteiger partial charge in [0, 0.05) is 24.2 Å². The average molecular weight is 290 g/mol. The van der Waals surface area contributed by atoms with Crippen molar-refractivity contribution in [2.24, 2.45) is 0 Å². The van der Waals surface area contributed by atoms with Crippen molar-refractivity contribution in [1.29, 1.82) is 0 Å². The topological polar surface area (TPSA) is 12.5 Å². The molecule has 0 aliphatic carbocycles. The van der Waals surface area contributed by atoms with Crippen molar-refractivity contribution in [2.45, 2.75) is 19.5 Å². The molecule has 4 heteroatoms. The summed E-state index contributed by atoms with van der Waals surface area (Å²) in [6.07, 6.45) is 0. The molecule has 1 aromatic rings. The summed E-state index contributed by atoms with van der Waals surface area (Å²) in [7, 11) is 3.69. The van der Waals surface area contributed by atoms with E-state index in [0.717, 1.165) is 10.0 Å². The van der Waals surface area contributed by atoms with Crippen LogP contribution in [0, 0.1) is 5.82 Å². The third-order valence-corrected chi connectivity index (χ3v) is 2.97. The van der Waals surface area contributed by atoms with Gasteiger partial charge in [0.15, 0.2) is 0 Å². The van der Waals surface area contributed by atoms with E-state index in [1.807, 2.05) is 13.1 Å². The fourth-order valence-corrected chi connectivity index (χ4v) is 2.03. The fourth-order valence-electron chi connectivity index (χ4n) is 1.51. The smallest absolute Gasteiger partial charge is 0.124 e. The second-order valence-electron chi connectivity index (χ2n) is 4.00. The van der Waals surface area contributed by atoms with Gasteiger partial charge in [0.2, 0.25) is 0 Å². The molecule has 2 nitrogen and oxygen atoms in total. The molecular weight excluding hydrogens is 273 g/mol. The summed E-state index contributed by atoms with van der Waals surface area (Å²) in [4.78, 5) is 2.13. The van der Waals surface area contributed by atoms with Gasteiger partial charge in [-0.3, -0.25) is 4.90 Å². The second kappa shape index (κ2) is 6.33. The largest absolute Gasteiger partial charge is 0.383 e. The lowest BCUT2D eigenvalue weighted by Crippen LogP contribution is -2.32. The normalized spacial score (nSPS) is 13.1. The first kappa shape index (κ1) is 13.6. The number of benzene rings is 1. The Bertz CT molecular complexity index is 326. The Morgan fingerprint density at radius 2 is 2.12 bits per heavy atom. The molecule has 0 fully saturated rings. The Hall–Kier alpha value is -0.450. The van der Waals surface area contributed by atoms with E-state index in [-0.39, 0.29) is 5.82 Å². The lowest BCUT2D eigenvalue weighted by Gasteiger charge is -2.24. The van der Waals surface area contributed by atoms with Crippen LogP contribution in [0.5, 0.6) is 0 Å². The summed E-state index contributed by atoms with van der Waals surface area (Å²) in [5, 5.41) is 0. The first-order chi connectivity index (χ1) is 7.52. The third kappa shape index (κ3) is 4.20. The highest BCUT2D eigenvalue weighted by Crippen LogP contribution is 2.16. The molecular formula is C12H17BrFNO. The summed E-state index contributed by atoms with van der Waals surface area (Å²) < 4.78 is 19.0. The molecule has 0 saturated heterocycles. The highest BCUT2D eigenvalue weighted by molar-refractivity contribution is 9.10. The average Bonchev–Trinajstić information content (AvgIpc) is 2.16. The summed E-state index contributed by atoms with van der Waals surface area (Å²) in [6.45, 7) is 3.46. The maximum atomic E-state index is 13.2. The molecule has 0 aliphatic heterocycles. The van der Waals surface area contributed by atoms with Crippen LogP contribution in [0.1, 0.15) is 12.5 Å². The zero-order chi connectivity index (χ0) is 12.1. The van der Waals surface area contributed by atoms with Gasteiger partial charge in [0.25, 0.3) is 0 Å². The summed E-state index contributed by atoms with van der Waals surface area (Å²) >= 11 is 3.29. The number of likely N-dealkylation sites (N-methyl/N-ethyl adjacent to an activating group) is 1. The van der Waals surface area contributed by atoms with E-state index in [1.165, 1.54) is 6.07 Å². The van der Waals surface area contributed by atoms with Crippen LogP contribution in [-0.2, 0) is 11.3 Å². The number of halogens is 2. The second-order valence-corrected chi connectivity index (χ2v) is 4.91. The Morgan fingerprint density at radius 1 is 1.44 bits per heavy atom. The maximum Gasteiger partial charge on any atom is 0.124 e. The van der Waals surface area contributed by atoms with Gasteiger partial charge in [0.1, 0.15) is 5.82 Å². The van der Waals surface area contributed by atoms with Crippen molar-refractivity contribution in [1.82, 2.24) is 4.90 Å². The number of methoxy groups -OCH3 is 1. The molecule has 0 spiro atoms. The van der Waals surface area contributed by atoms with Gasteiger partial charge < -0.3 is 4.74 Å². The minimum Gasteiger partial charge on any atom is -0.383 e. The van der Waals surface area contributed by atoms with E-state index in [2.05, 4.69) is 27.8 Å². The lowest BCUT2D eigenvalue weighted by atomic mass is 10.2. The van der Waals surface area contributed by atoms with Crippen LogP contribution < -0.4 is 0 Å². The Labute approximate surface area is 105 Å². The molecule has 0 N–H and O–H groups in total. The van der Waals surface area contributed by atoms with Crippen molar-refractivity contribution < 1.29 is 9.13 Å². The predicted molar refractivity (Wildman–Crippen MR) is 66.9 cm³/mol. The van der Waals surface area contributed by atoms with Gasteiger partial charge in [-0.25, -0.2) is 4.39 Å². The number of hydrogen-bond acceptors (Lipinski definition) is 2. The molecule has 0 amide bonds. The zero-order valence-electron chi connectivity index (χ0n) is 9.84. The Balaban J connectivity index is 2.65. The quantitative estimate of drug-likeness (QED) is 0.826. The van der Waals surface area contributed by atoms with Crippen molar-refractivity contribution in [3.05, 3.63) is 34.1 Å². The minimum atomic E-state index is -0.211. The van der Waals surface area contributed by atoms with Crippen LogP contribution in [-0.4, -0.2) is 31.7 Å². The van der Waals surface area contributed by atoms with E-state index in [1.54, 1.807) is 13.2 Å². The molecule has 0 radical (unpaired) electrons. The first-order valence-corrected chi connectivity index (χ1v) is 5.96. The van der Waals surface area contributed by atoms with Crippen molar-refractivity contribution >= 4 is 15.9 Å². The maximum absolute atomic E-state index is 13.2. The Morgan fingerprint density at radius 3 is 2.69 bits per heavy atom. The molecule has 16 heavy (non-hydrogen) atoms. The molecule has 0 aromatic heterocycles. The number of hydrogen-bond donors (Lipinski definition) is 0. The van der Waals surface area contributed by atoms with Crippen LogP contribution in [0.3, 0.4) is 0 Å². The van der Waals surface area contributed by atoms with Crippen LogP contribution in [0.4, 0.5) is 4.39 Å². The molecule has 1 rings (SSSR count). The summed E-state index contributed by atoms with van der Waals surface area (Å²) in [5.41, 5.74) is 0.956. The van der Waals surface area contributed by atoms with Gasteiger partial charge >= 0.3 is 0 Å². The lowest BCUT2D eigenvalue weighted by molar-refractivity contribution is 0.112. The third-order valence-electron chi connectivity index (χ3n) is 2.51. The highest BCUT2D eigenvalue weighted by atomic mass is 79.9. The molecule has 0 bridgehead atoms. The van der Waals surface area contributed by atoms with Gasteiger partial charge in [-0.1, -0.05) is 15.9 Å². The zero-order valence-corrected chi connectivity index (χ0v) is 11.4. The standard InChI is InChI=1S/C12H17BrFNO/c1-9(8-16-3)15(2)7-10-4-11(13)6-12(14)5-10/h4-6,9H,7-8H2,1-3H3. The molecule has 90 valence electrons. The SMILES string of the molecule is COCC(C)N(C)Cc1cc(F)cc(Br)c1. The Kier molecular flexibility index (Phi) is 5.38. The minimum absolute atomic E-state index is 0.211. The number of nitrogens with zero attached hydrogens (tertiary/aromatic N) is 1. The van der Waals surface area contributed by atoms with Crippen LogP contribution >= 0.6 is 15.9 Å². The summed E-state index contributed by atoms with van der Waals surface area (Å²) in [5.74, 6) is -0.211. The number of rotatable bonds is 5. The fraction of sp³-hybridized carbons (Fsp3) is 0.500. The first-order valence-electron chi connectivity index (χ1n) is 5.17. The van der Waals surface area contributed by atoms with Gasteiger partial charge in [-0.2, -0.15) is 0 Å². The van der Waals surface area contributed by atoms with Gasteiger partial charge in [0.05, 0.1) is 6.61 Å². The van der Waals surface area contributed by atoms with Crippen molar-refractivity contribution in [3.8, 4) is 0 Å². The van der Waals surface area contributed by atoms with Gasteiger partial charge in [-0.05, 0) is 37.7 Å². The highest BCUT2D eigenvalue weighted by Gasteiger charge is 2.10. The van der Waals surface area contributed by atoms with E-state index >= 15 is 0 Å². The predicted octanol–water partition coefficient (Wildman–Crippen LogP) is 3.05. The van der Waals surface area contributed by atoms with Crippen LogP contribution in [0.25, 0.3) is 0 Å². The van der Waals surface area contributed by atoms with Crippen LogP contribution in [0.15, 0.2) is 22.7 Å². The van der Waals surface area contributed by atoms with Gasteiger partial charge in [-0.15, -0.1) is 0 Å². The van der Waals surface area contributed by atoms with Crippen LogP contribution in [0.2, 0.25) is 0 Å². The monoisotopic (exact) mass is 289 g/mol. The number of ether oxygens (including phenoxy) is 1. The van der Waals surface area contributed by atoms with E-state index in [0.29, 0.717) is 19.2 Å². The molecule has 0 saturated carbocycles. The molecule has 0 heterocycles. The van der Waals surface area contributed by atoms with E-state index in [9.17, 15) is 4.39 Å². The molecule has 1 atom stereocenters. The molecule has 1 unspecified atom stereocenters. The molecule has 0 aliphatic rings.